The first-order valence-corrected chi connectivity index (χ1v) is 5.30. The van der Waals surface area contributed by atoms with Gasteiger partial charge in [0.1, 0.15) is 0 Å². The normalized spacial score (nSPS) is 10.1. The van der Waals surface area contributed by atoms with Crippen LogP contribution in [-0.4, -0.2) is 25.8 Å². The molecule has 0 unspecified atom stereocenters. The zero-order chi connectivity index (χ0) is 12.5. The maximum atomic E-state index is 11.1. The SMILES string of the molecule is Cl.NC(=O)n1ncc2cc(-c3cccnc3)cnc21. The highest BCUT2D eigenvalue weighted by molar-refractivity contribution is 5.88. The number of hydrogen-bond acceptors (Lipinski definition) is 4. The summed E-state index contributed by atoms with van der Waals surface area (Å²) in [6.07, 6.45) is 6.69. The smallest absolute Gasteiger partial charge is 0.341 e. The van der Waals surface area contributed by atoms with Gasteiger partial charge in [0.2, 0.25) is 0 Å². The van der Waals surface area contributed by atoms with E-state index in [-0.39, 0.29) is 12.4 Å². The number of pyridine rings is 2. The van der Waals surface area contributed by atoms with Crippen molar-refractivity contribution in [3.05, 3.63) is 43.0 Å². The van der Waals surface area contributed by atoms with Gasteiger partial charge in [0.05, 0.1) is 6.20 Å². The van der Waals surface area contributed by atoms with Gasteiger partial charge in [-0.2, -0.15) is 9.78 Å². The quantitative estimate of drug-likeness (QED) is 0.734. The lowest BCUT2D eigenvalue weighted by Crippen LogP contribution is -2.20. The van der Waals surface area contributed by atoms with Crippen LogP contribution in [-0.2, 0) is 0 Å². The Kier molecular flexibility index (Phi) is 3.43. The Morgan fingerprint density at radius 1 is 1.21 bits per heavy atom. The van der Waals surface area contributed by atoms with Crippen LogP contribution in [0.3, 0.4) is 0 Å². The molecule has 19 heavy (non-hydrogen) atoms. The number of primary amides is 1. The standard InChI is InChI=1S/C12H9N5O.ClH/c13-12(18)17-11-10(7-16-17)4-9(6-15-11)8-2-1-3-14-5-8;/h1-7H,(H2,13,18);1H. The van der Waals surface area contributed by atoms with E-state index in [1.54, 1.807) is 24.8 Å². The number of nitrogens with zero attached hydrogens (tertiary/aromatic N) is 4. The van der Waals surface area contributed by atoms with Crippen LogP contribution in [0, 0.1) is 0 Å². The van der Waals surface area contributed by atoms with Gasteiger partial charge in [-0.3, -0.25) is 4.98 Å². The summed E-state index contributed by atoms with van der Waals surface area (Å²) in [5, 5.41) is 4.65. The third-order valence-corrected chi connectivity index (χ3v) is 2.61. The van der Waals surface area contributed by atoms with E-state index in [4.69, 9.17) is 5.73 Å². The molecule has 6 nitrogen and oxygen atoms in total. The van der Waals surface area contributed by atoms with Gasteiger partial charge in [0.25, 0.3) is 0 Å². The van der Waals surface area contributed by atoms with E-state index in [1.807, 2.05) is 18.2 Å². The van der Waals surface area contributed by atoms with Crippen LogP contribution >= 0.6 is 12.4 Å². The Hall–Kier alpha value is -2.47. The zero-order valence-corrected chi connectivity index (χ0v) is 10.5. The van der Waals surface area contributed by atoms with Crippen LogP contribution in [0.2, 0.25) is 0 Å². The molecule has 3 rings (SSSR count). The number of carbonyl (C=O) groups is 1. The largest absolute Gasteiger partial charge is 0.350 e. The number of amides is 1. The predicted octanol–water partition coefficient (Wildman–Crippen LogP) is 1.84. The molecule has 0 spiro atoms. The third kappa shape index (κ3) is 2.25. The van der Waals surface area contributed by atoms with Gasteiger partial charge >= 0.3 is 6.03 Å². The second kappa shape index (κ2) is 5.03. The summed E-state index contributed by atoms with van der Waals surface area (Å²) in [7, 11) is 0. The number of hydrogen-bond donors (Lipinski definition) is 1. The second-order valence-electron chi connectivity index (χ2n) is 3.77. The van der Waals surface area contributed by atoms with E-state index >= 15 is 0 Å². The van der Waals surface area contributed by atoms with E-state index in [1.165, 1.54) is 0 Å². The minimum Gasteiger partial charge on any atom is -0.350 e. The maximum Gasteiger partial charge on any atom is 0.341 e. The lowest BCUT2D eigenvalue weighted by molar-refractivity contribution is 0.248. The van der Waals surface area contributed by atoms with Gasteiger partial charge in [-0.05, 0) is 12.1 Å². The predicted molar refractivity (Wildman–Crippen MR) is 73.0 cm³/mol. The first-order valence-electron chi connectivity index (χ1n) is 5.30. The first kappa shape index (κ1) is 13.0. The van der Waals surface area contributed by atoms with Gasteiger partial charge in [0.15, 0.2) is 5.65 Å². The van der Waals surface area contributed by atoms with Crippen LogP contribution in [0.25, 0.3) is 22.2 Å². The Labute approximate surface area is 114 Å². The fraction of sp³-hybridized carbons (Fsp3) is 0. The van der Waals surface area contributed by atoms with Gasteiger partial charge < -0.3 is 5.73 Å². The molecule has 3 aromatic heterocycles. The van der Waals surface area contributed by atoms with Crippen molar-refractivity contribution in [2.45, 2.75) is 0 Å². The molecular formula is C12H10ClN5O. The van der Waals surface area contributed by atoms with Gasteiger partial charge in [-0.25, -0.2) is 9.78 Å². The summed E-state index contributed by atoms with van der Waals surface area (Å²) < 4.78 is 1.07. The molecule has 3 aromatic rings. The molecule has 0 bridgehead atoms. The molecule has 0 aliphatic rings. The van der Waals surface area contributed by atoms with Crippen LogP contribution in [0.1, 0.15) is 0 Å². The molecule has 0 atom stereocenters. The molecule has 0 saturated heterocycles. The first-order chi connectivity index (χ1) is 8.75. The summed E-state index contributed by atoms with van der Waals surface area (Å²) in [5.74, 6) is 0. The van der Waals surface area contributed by atoms with E-state index in [0.717, 1.165) is 21.2 Å². The number of halogens is 1. The second-order valence-corrected chi connectivity index (χ2v) is 3.77. The van der Waals surface area contributed by atoms with Crippen molar-refractivity contribution in [1.82, 2.24) is 19.7 Å². The topological polar surface area (TPSA) is 86.7 Å². The van der Waals surface area contributed by atoms with Crippen molar-refractivity contribution < 1.29 is 4.79 Å². The average molecular weight is 276 g/mol. The molecule has 0 aromatic carbocycles. The number of nitrogens with two attached hydrogens (primary N) is 1. The highest BCUT2D eigenvalue weighted by Crippen LogP contribution is 2.21. The van der Waals surface area contributed by atoms with Gasteiger partial charge in [0, 0.05) is 35.1 Å². The molecule has 1 amide bonds. The highest BCUT2D eigenvalue weighted by Gasteiger charge is 2.09. The van der Waals surface area contributed by atoms with Crippen LogP contribution < -0.4 is 5.73 Å². The van der Waals surface area contributed by atoms with E-state index in [2.05, 4.69) is 15.1 Å². The molecule has 96 valence electrons. The maximum absolute atomic E-state index is 11.1. The molecule has 0 radical (unpaired) electrons. The molecule has 3 heterocycles. The van der Waals surface area contributed by atoms with Crippen molar-refractivity contribution >= 4 is 29.5 Å². The zero-order valence-electron chi connectivity index (χ0n) is 9.72. The molecule has 0 aliphatic carbocycles. The molecule has 0 fully saturated rings. The van der Waals surface area contributed by atoms with Crippen LogP contribution in [0.4, 0.5) is 4.79 Å². The van der Waals surface area contributed by atoms with E-state index in [9.17, 15) is 4.79 Å². The molecule has 0 saturated carbocycles. The van der Waals surface area contributed by atoms with E-state index in [0.29, 0.717) is 5.65 Å². The molecule has 7 heteroatoms. The number of aromatic nitrogens is 4. The number of carbonyl (C=O) groups excluding carboxylic acids is 1. The van der Waals surface area contributed by atoms with Gasteiger partial charge in [-0.1, -0.05) is 6.07 Å². The van der Waals surface area contributed by atoms with Crippen molar-refractivity contribution in [2.24, 2.45) is 5.73 Å². The lowest BCUT2D eigenvalue weighted by Gasteiger charge is -2.00. The summed E-state index contributed by atoms with van der Waals surface area (Å²) in [6.45, 7) is 0. The van der Waals surface area contributed by atoms with Gasteiger partial charge in [-0.15, -0.1) is 12.4 Å². The Morgan fingerprint density at radius 2 is 2.05 bits per heavy atom. The summed E-state index contributed by atoms with van der Waals surface area (Å²) in [5.41, 5.74) is 7.51. The monoisotopic (exact) mass is 275 g/mol. The van der Waals surface area contributed by atoms with Crippen LogP contribution in [0.5, 0.6) is 0 Å². The average Bonchev–Trinajstić information content (AvgIpc) is 2.82. The Bertz CT molecular complexity index is 725. The Morgan fingerprint density at radius 3 is 2.74 bits per heavy atom. The molecular weight excluding hydrogens is 266 g/mol. The highest BCUT2D eigenvalue weighted by atomic mass is 35.5. The lowest BCUT2D eigenvalue weighted by atomic mass is 10.1. The Balaban J connectivity index is 0.00000133. The van der Waals surface area contributed by atoms with E-state index < -0.39 is 6.03 Å². The van der Waals surface area contributed by atoms with Crippen molar-refractivity contribution in [1.29, 1.82) is 0 Å². The third-order valence-electron chi connectivity index (χ3n) is 2.61. The van der Waals surface area contributed by atoms with Crippen molar-refractivity contribution in [2.75, 3.05) is 0 Å². The minimum atomic E-state index is -0.647. The number of rotatable bonds is 1. The minimum absolute atomic E-state index is 0. The fourth-order valence-electron chi connectivity index (χ4n) is 1.77. The van der Waals surface area contributed by atoms with Crippen molar-refractivity contribution in [3.8, 4) is 11.1 Å². The summed E-state index contributed by atoms with van der Waals surface area (Å²) in [6, 6.07) is 5.04. The molecule has 0 aliphatic heterocycles. The van der Waals surface area contributed by atoms with Crippen molar-refractivity contribution in [3.63, 3.8) is 0 Å². The summed E-state index contributed by atoms with van der Waals surface area (Å²) in [4.78, 5) is 19.4. The molecule has 2 N–H and O–H groups in total. The summed E-state index contributed by atoms with van der Waals surface area (Å²) >= 11 is 0. The van der Waals surface area contributed by atoms with Crippen LogP contribution in [0.15, 0.2) is 43.0 Å². The fourth-order valence-corrected chi connectivity index (χ4v) is 1.77. The number of fused-ring (bicyclic) bond motifs is 1.